The molecule has 0 aliphatic carbocycles. The molecule has 0 saturated heterocycles. The molecule has 1 rings (SSSR count). The molecule has 2 N–H and O–H groups in total. The first-order valence-electron chi connectivity index (χ1n) is 6.21. The second kappa shape index (κ2) is 7.13. The van der Waals surface area contributed by atoms with E-state index >= 15 is 0 Å². The molecule has 0 fully saturated rings. The second-order valence-corrected chi connectivity index (χ2v) is 4.13. The lowest BCUT2D eigenvalue weighted by Crippen LogP contribution is -2.29. The highest BCUT2D eigenvalue weighted by Gasteiger charge is 2.26. The highest BCUT2D eigenvalue weighted by atomic mass is 16.5. The van der Waals surface area contributed by atoms with E-state index in [0.717, 1.165) is 12.8 Å². The molecule has 0 bridgehead atoms. The van der Waals surface area contributed by atoms with Gasteiger partial charge in [-0.15, -0.1) is 0 Å². The Morgan fingerprint density at radius 2 is 1.83 bits per heavy atom. The van der Waals surface area contributed by atoms with Crippen molar-refractivity contribution in [3.63, 3.8) is 0 Å². The van der Waals surface area contributed by atoms with Crippen molar-refractivity contribution in [2.75, 3.05) is 6.61 Å². The number of esters is 1. The van der Waals surface area contributed by atoms with Crippen LogP contribution in [0.4, 0.5) is 0 Å². The number of rotatable bonds is 6. The van der Waals surface area contributed by atoms with Crippen LogP contribution in [0.2, 0.25) is 0 Å². The minimum absolute atomic E-state index is 0.179. The van der Waals surface area contributed by atoms with Crippen LogP contribution in [0.3, 0.4) is 0 Å². The van der Waals surface area contributed by atoms with Crippen LogP contribution in [0.1, 0.15) is 37.5 Å². The van der Waals surface area contributed by atoms with E-state index < -0.39 is 18.2 Å². The Hall–Kier alpha value is -1.39. The topological polar surface area (TPSA) is 66.8 Å². The van der Waals surface area contributed by atoms with E-state index in [4.69, 9.17) is 0 Å². The molecule has 0 amide bonds. The maximum absolute atomic E-state index is 11.3. The smallest absolute Gasteiger partial charge is 0.338 e. The van der Waals surface area contributed by atoms with Crippen LogP contribution in [0.25, 0.3) is 0 Å². The van der Waals surface area contributed by atoms with E-state index in [0.29, 0.717) is 5.56 Å². The van der Waals surface area contributed by atoms with Gasteiger partial charge in [0.2, 0.25) is 0 Å². The molecule has 0 spiro atoms. The summed E-state index contributed by atoms with van der Waals surface area (Å²) in [6.45, 7) is 3.92. The SMILES string of the molecule is CCCc1ccc(C(O)C(O)C(=O)OCC)cc1. The van der Waals surface area contributed by atoms with Crippen molar-refractivity contribution in [1.82, 2.24) is 0 Å². The predicted octanol–water partition coefficient (Wildman–Crippen LogP) is 1.60. The van der Waals surface area contributed by atoms with Gasteiger partial charge in [-0.3, -0.25) is 0 Å². The molecule has 0 aliphatic heterocycles. The third-order valence-corrected chi connectivity index (χ3v) is 2.69. The summed E-state index contributed by atoms with van der Waals surface area (Å²) >= 11 is 0. The lowest BCUT2D eigenvalue weighted by molar-refractivity contribution is -0.159. The fourth-order valence-corrected chi connectivity index (χ4v) is 1.71. The van der Waals surface area contributed by atoms with Gasteiger partial charge >= 0.3 is 5.97 Å². The van der Waals surface area contributed by atoms with E-state index in [9.17, 15) is 15.0 Å². The van der Waals surface area contributed by atoms with Gasteiger partial charge in [0.1, 0.15) is 6.10 Å². The number of carbonyl (C=O) groups excluding carboxylic acids is 1. The van der Waals surface area contributed by atoms with Gasteiger partial charge in [0.15, 0.2) is 6.10 Å². The molecule has 18 heavy (non-hydrogen) atoms. The third kappa shape index (κ3) is 3.82. The van der Waals surface area contributed by atoms with Gasteiger partial charge < -0.3 is 14.9 Å². The molecule has 0 aliphatic rings. The van der Waals surface area contributed by atoms with Gasteiger partial charge in [-0.2, -0.15) is 0 Å². The summed E-state index contributed by atoms with van der Waals surface area (Å²) < 4.78 is 4.66. The first-order chi connectivity index (χ1) is 8.60. The Morgan fingerprint density at radius 3 is 2.33 bits per heavy atom. The first-order valence-corrected chi connectivity index (χ1v) is 6.21. The van der Waals surface area contributed by atoms with Gasteiger partial charge in [0.25, 0.3) is 0 Å². The van der Waals surface area contributed by atoms with E-state index in [-0.39, 0.29) is 6.61 Å². The summed E-state index contributed by atoms with van der Waals surface area (Å²) in [5.74, 6) is -0.803. The maximum atomic E-state index is 11.3. The van der Waals surface area contributed by atoms with Gasteiger partial charge in [-0.25, -0.2) is 4.79 Å². The first kappa shape index (κ1) is 14.7. The lowest BCUT2D eigenvalue weighted by Gasteiger charge is -2.16. The zero-order chi connectivity index (χ0) is 13.5. The molecule has 4 nitrogen and oxygen atoms in total. The average molecular weight is 252 g/mol. The normalized spacial score (nSPS) is 14.0. The highest BCUT2D eigenvalue weighted by Crippen LogP contribution is 2.19. The molecule has 1 aromatic carbocycles. The van der Waals surface area contributed by atoms with Crippen molar-refractivity contribution in [3.05, 3.63) is 35.4 Å². The Morgan fingerprint density at radius 1 is 1.22 bits per heavy atom. The quantitative estimate of drug-likeness (QED) is 0.755. The highest BCUT2D eigenvalue weighted by molar-refractivity contribution is 5.75. The molecule has 2 unspecified atom stereocenters. The number of ether oxygens (including phenoxy) is 1. The Labute approximate surface area is 107 Å². The van der Waals surface area contributed by atoms with Crippen LogP contribution in [-0.2, 0) is 16.0 Å². The number of hydrogen-bond acceptors (Lipinski definition) is 4. The Kier molecular flexibility index (Phi) is 5.82. The van der Waals surface area contributed by atoms with E-state index in [1.165, 1.54) is 5.56 Å². The zero-order valence-electron chi connectivity index (χ0n) is 10.8. The predicted molar refractivity (Wildman–Crippen MR) is 68.0 cm³/mol. The number of benzene rings is 1. The van der Waals surface area contributed by atoms with Crippen molar-refractivity contribution in [1.29, 1.82) is 0 Å². The molecule has 1 aromatic rings. The molecule has 0 aromatic heterocycles. The molecule has 2 atom stereocenters. The number of hydrogen-bond donors (Lipinski definition) is 2. The number of aliphatic hydroxyl groups excluding tert-OH is 2. The van der Waals surface area contributed by atoms with Crippen LogP contribution in [-0.4, -0.2) is 28.9 Å². The van der Waals surface area contributed by atoms with Crippen LogP contribution in [0.15, 0.2) is 24.3 Å². The van der Waals surface area contributed by atoms with E-state index in [2.05, 4.69) is 11.7 Å². The number of aryl methyl sites for hydroxylation is 1. The molecule has 4 heteroatoms. The average Bonchev–Trinajstić information content (AvgIpc) is 2.38. The number of aliphatic hydroxyl groups is 2. The van der Waals surface area contributed by atoms with Crippen LogP contribution in [0.5, 0.6) is 0 Å². The fourth-order valence-electron chi connectivity index (χ4n) is 1.71. The zero-order valence-corrected chi connectivity index (χ0v) is 10.8. The second-order valence-electron chi connectivity index (χ2n) is 4.13. The van der Waals surface area contributed by atoms with Crippen molar-refractivity contribution >= 4 is 5.97 Å². The van der Waals surface area contributed by atoms with Crippen LogP contribution < -0.4 is 0 Å². The molecule has 0 saturated carbocycles. The van der Waals surface area contributed by atoms with Gasteiger partial charge in [-0.1, -0.05) is 37.6 Å². The van der Waals surface area contributed by atoms with Crippen LogP contribution in [0, 0.1) is 0 Å². The molecule has 0 radical (unpaired) electrons. The summed E-state index contributed by atoms with van der Waals surface area (Å²) in [5, 5.41) is 19.5. The summed E-state index contributed by atoms with van der Waals surface area (Å²) in [4.78, 5) is 11.3. The van der Waals surface area contributed by atoms with E-state index in [1.807, 2.05) is 12.1 Å². The minimum atomic E-state index is -1.54. The van der Waals surface area contributed by atoms with Gasteiger partial charge in [0, 0.05) is 0 Å². The summed E-state index contributed by atoms with van der Waals surface area (Å²) in [5.41, 5.74) is 1.68. The molecular weight excluding hydrogens is 232 g/mol. The standard InChI is InChI=1S/C14H20O4/c1-3-5-10-6-8-11(9-7-10)12(15)13(16)14(17)18-4-2/h6-9,12-13,15-16H,3-5H2,1-2H3. The van der Waals surface area contributed by atoms with Gasteiger partial charge in [-0.05, 0) is 24.5 Å². The third-order valence-electron chi connectivity index (χ3n) is 2.69. The summed E-state index contributed by atoms with van der Waals surface area (Å²) in [7, 11) is 0. The summed E-state index contributed by atoms with van der Waals surface area (Å²) in [6, 6.07) is 7.22. The maximum Gasteiger partial charge on any atom is 0.338 e. The van der Waals surface area contributed by atoms with Crippen molar-refractivity contribution in [2.24, 2.45) is 0 Å². The lowest BCUT2D eigenvalue weighted by atomic mass is 10.0. The summed E-state index contributed by atoms with van der Waals surface area (Å²) in [6.07, 6.45) is -0.772. The van der Waals surface area contributed by atoms with Crippen molar-refractivity contribution < 1.29 is 19.7 Å². The monoisotopic (exact) mass is 252 g/mol. The Balaban J connectivity index is 2.71. The molecular formula is C14H20O4. The fraction of sp³-hybridized carbons (Fsp3) is 0.500. The van der Waals surface area contributed by atoms with Gasteiger partial charge in [0.05, 0.1) is 6.61 Å². The van der Waals surface area contributed by atoms with E-state index in [1.54, 1.807) is 19.1 Å². The minimum Gasteiger partial charge on any atom is -0.464 e. The Bertz CT molecular complexity index is 372. The largest absolute Gasteiger partial charge is 0.464 e. The van der Waals surface area contributed by atoms with Crippen LogP contribution >= 0.6 is 0 Å². The van der Waals surface area contributed by atoms with Crippen molar-refractivity contribution in [2.45, 2.75) is 38.9 Å². The molecule has 100 valence electrons. The number of carbonyl (C=O) groups is 1. The van der Waals surface area contributed by atoms with Crippen molar-refractivity contribution in [3.8, 4) is 0 Å². The molecule has 0 heterocycles.